The molecule has 1 aromatic heterocycles. The molecule has 5 atom stereocenters. The SMILES string of the molecule is CC(O)C(NC(=O)C(Cc1ccc(O)cc1)NC(=O)C(N)CS)C(=O)NC(Cc1c[nH]c2ccccc12)C(=O)O. The third-order valence-corrected chi connectivity index (χ3v) is 6.71. The number of fused-ring (bicyclic) bond motifs is 1. The van der Waals surface area contributed by atoms with Crippen LogP contribution in [0.5, 0.6) is 5.75 Å². The minimum atomic E-state index is -1.53. The van der Waals surface area contributed by atoms with Crippen LogP contribution in [0.15, 0.2) is 54.7 Å². The third kappa shape index (κ3) is 7.97. The number of H-pyrrole nitrogens is 1. The van der Waals surface area contributed by atoms with Crippen LogP contribution in [0.4, 0.5) is 0 Å². The normalized spacial score (nSPS) is 14.9. The summed E-state index contributed by atoms with van der Waals surface area (Å²) in [7, 11) is 0. The second-order valence-electron chi connectivity index (χ2n) is 9.41. The van der Waals surface area contributed by atoms with Crippen LogP contribution < -0.4 is 21.7 Å². The van der Waals surface area contributed by atoms with Crippen molar-refractivity contribution in [3.05, 3.63) is 65.9 Å². The molecule has 0 aliphatic rings. The Labute approximate surface area is 235 Å². The Hall–Kier alpha value is -4.07. The summed E-state index contributed by atoms with van der Waals surface area (Å²) in [4.78, 5) is 53.9. The average molecular weight is 572 g/mol. The first-order valence-corrected chi connectivity index (χ1v) is 13.1. The number of nitrogens with two attached hydrogens (primary N) is 1. The van der Waals surface area contributed by atoms with Gasteiger partial charge in [-0.3, -0.25) is 14.4 Å². The van der Waals surface area contributed by atoms with Gasteiger partial charge in [0.05, 0.1) is 12.1 Å². The van der Waals surface area contributed by atoms with Crippen molar-refractivity contribution in [3.8, 4) is 5.75 Å². The Bertz CT molecular complexity index is 1340. The quantitative estimate of drug-likeness (QED) is 0.126. The standard InChI is InChI=1S/C27H33N5O7S/c1-14(33)23(26(37)31-22(27(38)39)11-16-12-29-20-5-3-2-4-18(16)20)32-25(36)21(30-24(35)19(28)13-40)10-15-6-8-17(34)9-7-15/h2-9,12,14,19,21-23,29,33-34,40H,10-11,13,28H2,1H3,(H,30,35)(H,31,37)(H,32,36)(H,38,39). The van der Waals surface area contributed by atoms with Gasteiger partial charge in [0.15, 0.2) is 0 Å². The number of carboxylic acids is 1. The lowest BCUT2D eigenvalue weighted by molar-refractivity contribution is -0.143. The van der Waals surface area contributed by atoms with Crippen LogP contribution in [0.3, 0.4) is 0 Å². The van der Waals surface area contributed by atoms with E-state index in [2.05, 4.69) is 33.6 Å². The molecule has 40 heavy (non-hydrogen) atoms. The van der Waals surface area contributed by atoms with Crippen molar-refractivity contribution in [1.29, 1.82) is 0 Å². The van der Waals surface area contributed by atoms with E-state index >= 15 is 0 Å². The van der Waals surface area contributed by atoms with Crippen LogP contribution in [0.2, 0.25) is 0 Å². The highest BCUT2D eigenvalue weighted by molar-refractivity contribution is 7.80. The number of nitrogens with one attached hydrogen (secondary N) is 4. The van der Waals surface area contributed by atoms with E-state index in [-0.39, 0.29) is 24.3 Å². The average Bonchev–Trinajstić information content (AvgIpc) is 3.33. The van der Waals surface area contributed by atoms with E-state index in [1.807, 2.05) is 24.3 Å². The number of aliphatic hydroxyl groups excluding tert-OH is 1. The predicted molar refractivity (Wildman–Crippen MR) is 151 cm³/mol. The van der Waals surface area contributed by atoms with Crippen molar-refractivity contribution in [1.82, 2.24) is 20.9 Å². The monoisotopic (exact) mass is 571 g/mol. The first-order chi connectivity index (χ1) is 19.0. The summed E-state index contributed by atoms with van der Waals surface area (Å²) in [6, 6.07) is 8.14. The van der Waals surface area contributed by atoms with Crippen molar-refractivity contribution in [2.75, 3.05) is 5.75 Å². The van der Waals surface area contributed by atoms with Gasteiger partial charge in [0, 0.05) is 35.7 Å². The highest BCUT2D eigenvalue weighted by Crippen LogP contribution is 2.19. The van der Waals surface area contributed by atoms with Gasteiger partial charge in [-0.15, -0.1) is 0 Å². The number of aliphatic carboxylic acids is 1. The first kappa shape index (κ1) is 30.5. The molecule has 5 unspecified atom stereocenters. The smallest absolute Gasteiger partial charge is 0.326 e. The summed E-state index contributed by atoms with van der Waals surface area (Å²) in [5.74, 6) is -3.65. The van der Waals surface area contributed by atoms with E-state index in [9.17, 15) is 34.5 Å². The highest BCUT2D eigenvalue weighted by atomic mass is 32.1. The van der Waals surface area contributed by atoms with Gasteiger partial charge in [-0.2, -0.15) is 12.6 Å². The number of thiol groups is 1. The zero-order valence-electron chi connectivity index (χ0n) is 21.7. The number of hydrogen-bond donors (Lipinski definition) is 9. The molecule has 1 heterocycles. The van der Waals surface area contributed by atoms with E-state index in [4.69, 9.17) is 5.73 Å². The van der Waals surface area contributed by atoms with Crippen molar-refractivity contribution >= 4 is 47.2 Å². The molecular formula is C27H33N5O7S. The molecule has 3 aromatic rings. The van der Waals surface area contributed by atoms with Gasteiger partial charge < -0.3 is 42.0 Å². The molecule has 0 bridgehead atoms. The highest BCUT2D eigenvalue weighted by Gasteiger charge is 2.33. The van der Waals surface area contributed by atoms with Crippen LogP contribution >= 0.6 is 12.6 Å². The first-order valence-electron chi connectivity index (χ1n) is 12.5. The molecule has 0 aliphatic heterocycles. The molecule has 12 nitrogen and oxygen atoms in total. The molecule has 214 valence electrons. The summed E-state index contributed by atoms with van der Waals surface area (Å²) in [5, 5.41) is 37.8. The van der Waals surface area contributed by atoms with Gasteiger partial charge in [0.25, 0.3) is 0 Å². The van der Waals surface area contributed by atoms with Gasteiger partial charge in [0.1, 0.15) is 23.9 Å². The maximum Gasteiger partial charge on any atom is 0.326 e. The number of carboxylic acid groups (broad SMARTS) is 1. The molecule has 0 saturated heterocycles. The van der Waals surface area contributed by atoms with E-state index in [1.165, 1.54) is 19.1 Å². The van der Waals surface area contributed by atoms with Crippen molar-refractivity contribution in [2.45, 2.75) is 50.0 Å². The number of carbonyl (C=O) groups excluding carboxylic acids is 3. The number of phenols is 1. The number of aliphatic hydroxyl groups is 1. The molecule has 9 N–H and O–H groups in total. The van der Waals surface area contributed by atoms with Crippen molar-refractivity contribution < 1.29 is 34.5 Å². The van der Waals surface area contributed by atoms with Gasteiger partial charge >= 0.3 is 5.97 Å². The van der Waals surface area contributed by atoms with Crippen molar-refractivity contribution in [3.63, 3.8) is 0 Å². The molecule has 2 aromatic carbocycles. The largest absolute Gasteiger partial charge is 0.508 e. The zero-order chi connectivity index (χ0) is 29.4. The Morgan fingerprint density at radius 3 is 2.20 bits per heavy atom. The summed E-state index contributed by atoms with van der Waals surface area (Å²) in [6.07, 6.45) is 0.180. The summed E-state index contributed by atoms with van der Waals surface area (Å²) in [6.45, 7) is 1.27. The number of aromatic nitrogens is 1. The number of benzene rings is 2. The number of aromatic hydroxyl groups is 1. The lowest BCUT2D eigenvalue weighted by atomic mass is 10.0. The maximum atomic E-state index is 13.3. The Morgan fingerprint density at radius 2 is 1.57 bits per heavy atom. The molecule has 0 radical (unpaired) electrons. The van der Waals surface area contributed by atoms with E-state index in [0.717, 1.165) is 10.9 Å². The third-order valence-electron chi connectivity index (χ3n) is 6.32. The number of hydrogen-bond acceptors (Lipinski definition) is 8. The van der Waals surface area contributed by atoms with Gasteiger partial charge in [-0.05, 0) is 36.2 Å². The van der Waals surface area contributed by atoms with Crippen LogP contribution in [0.25, 0.3) is 10.9 Å². The zero-order valence-corrected chi connectivity index (χ0v) is 22.6. The van der Waals surface area contributed by atoms with Crippen molar-refractivity contribution in [2.24, 2.45) is 5.73 Å². The summed E-state index contributed by atoms with van der Waals surface area (Å²) in [5.41, 5.74) is 7.79. The number of rotatable bonds is 13. The molecule has 0 fully saturated rings. The lowest BCUT2D eigenvalue weighted by Crippen LogP contribution is -2.60. The maximum absolute atomic E-state index is 13.3. The van der Waals surface area contributed by atoms with Crippen LogP contribution in [-0.2, 0) is 32.0 Å². The Kier molecular flexibility index (Phi) is 10.5. The number of phenolic OH excluding ortho intramolecular Hbond substituents is 1. The fourth-order valence-corrected chi connectivity index (χ4v) is 4.25. The van der Waals surface area contributed by atoms with Crippen LogP contribution in [0.1, 0.15) is 18.1 Å². The topological polar surface area (TPSA) is 207 Å². The molecule has 3 amide bonds. The minimum absolute atomic E-state index is 0.0114. The fourth-order valence-electron chi connectivity index (χ4n) is 4.08. The van der Waals surface area contributed by atoms with E-state index in [1.54, 1.807) is 18.3 Å². The minimum Gasteiger partial charge on any atom is -0.508 e. The molecule has 0 aliphatic carbocycles. The van der Waals surface area contributed by atoms with Gasteiger partial charge in [0.2, 0.25) is 17.7 Å². The van der Waals surface area contributed by atoms with Crippen LogP contribution in [0, 0.1) is 0 Å². The second-order valence-corrected chi connectivity index (χ2v) is 9.78. The molecule has 13 heteroatoms. The van der Waals surface area contributed by atoms with Gasteiger partial charge in [-0.25, -0.2) is 4.79 Å². The number of aromatic amines is 1. The fraction of sp³-hybridized carbons (Fsp3) is 0.333. The summed E-state index contributed by atoms with van der Waals surface area (Å²) < 4.78 is 0. The number of amides is 3. The molecular weight excluding hydrogens is 538 g/mol. The molecule has 0 spiro atoms. The predicted octanol–water partition coefficient (Wildman–Crippen LogP) is -0.164. The number of para-hydroxylation sites is 1. The molecule has 0 saturated carbocycles. The van der Waals surface area contributed by atoms with Crippen LogP contribution in [-0.4, -0.2) is 80.0 Å². The van der Waals surface area contributed by atoms with E-state index < -0.39 is 54.0 Å². The van der Waals surface area contributed by atoms with Gasteiger partial charge in [-0.1, -0.05) is 30.3 Å². The Balaban J connectivity index is 1.76. The molecule has 3 rings (SSSR count). The van der Waals surface area contributed by atoms with E-state index in [0.29, 0.717) is 11.1 Å². The second kappa shape index (κ2) is 13.8. The summed E-state index contributed by atoms with van der Waals surface area (Å²) >= 11 is 4.00. The Morgan fingerprint density at radius 1 is 0.925 bits per heavy atom. The number of carbonyl (C=O) groups is 4. The lowest BCUT2D eigenvalue weighted by Gasteiger charge is -2.26.